The predicted molar refractivity (Wildman–Crippen MR) is 94.6 cm³/mol. The molecule has 0 saturated carbocycles. The van der Waals surface area contributed by atoms with Crippen LogP contribution in [0.2, 0.25) is 0 Å². The highest BCUT2D eigenvalue weighted by Crippen LogP contribution is 2.20. The van der Waals surface area contributed by atoms with Crippen LogP contribution >= 0.6 is 0 Å². The molecular formula is C19H27N3O2. The van der Waals surface area contributed by atoms with E-state index in [0.717, 1.165) is 38.2 Å². The summed E-state index contributed by atoms with van der Waals surface area (Å²) in [5.74, 6) is -0.0932. The Morgan fingerprint density at radius 1 is 1.12 bits per heavy atom. The molecule has 0 unspecified atom stereocenters. The molecule has 0 aliphatic carbocycles. The lowest BCUT2D eigenvalue weighted by molar-refractivity contribution is -0.134. The molecule has 2 aliphatic heterocycles. The lowest BCUT2D eigenvalue weighted by Crippen LogP contribution is -2.42. The highest BCUT2D eigenvalue weighted by molar-refractivity contribution is 5.97. The Morgan fingerprint density at radius 2 is 1.92 bits per heavy atom. The molecule has 2 aliphatic rings. The number of piperidine rings is 1. The van der Waals surface area contributed by atoms with Crippen LogP contribution in [0.3, 0.4) is 0 Å². The zero-order valence-electron chi connectivity index (χ0n) is 14.5. The maximum absolute atomic E-state index is 12.5. The summed E-state index contributed by atoms with van der Waals surface area (Å²) in [7, 11) is 0. The highest BCUT2D eigenvalue weighted by Gasteiger charge is 2.32. The topological polar surface area (TPSA) is 52.7 Å². The molecule has 24 heavy (non-hydrogen) atoms. The van der Waals surface area contributed by atoms with Gasteiger partial charge < -0.3 is 10.2 Å². The molecular weight excluding hydrogens is 302 g/mol. The van der Waals surface area contributed by atoms with Gasteiger partial charge in [-0.2, -0.15) is 0 Å². The van der Waals surface area contributed by atoms with Gasteiger partial charge in [-0.05, 0) is 56.5 Å². The summed E-state index contributed by atoms with van der Waals surface area (Å²) in [4.78, 5) is 28.3. The summed E-state index contributed by atoms with van der Waals surface area (Å²) in [6, 6.07) is 7.76. The molecule has 2 amide bonds. The molecule has 2 saturated heterocycles. The number of benzene rings is 1. The number of amides is 2. The Kier molecular flexibility index (Phi) is 5.51. The largest absolute Gasteiger partial charge is 0.331 e. The molecule has 3 rings (SSSR count). The number of carbonyl (C=O) groups is 2. The van der Waals surface area contributed by atoms with Crippen LogP contribution in [0.1, 0.15) is 44.6 Å². The van der Waals surface area contributed by atoms with Gasteiger partial charge in [-0.3, -0.25) is 14.5 Å². The van der Waals surface area contributed by atoms with Crippen molar-refractivity contribution in [1.29, 1.82) is 0 Å². The third-order valence-electron chi connectivity index (χ3n) is 5.01. The highest BCUT2D eigenvalue weighted by atomic mass is 16.2. The molecule has 2 heterocycles. The minimum atomic E-state index is -0.326. The Hall–Kier alpha value is -1.88. The lowest BCUT2D eigenvalue weighted by atomic mass is 10.1. The Labute approximate surface area is 144 Å². The van der Waals surface area contributed by atoms with Crippen LogP contribution < -0.4 is 5.32 Å². The molecule has 1 N–H and O–H groups in total. The summed E-state index contributed by atoms with van der Waals surface area (Å²) in [5, 5.41) is 3.00. The molecule has 0 bridgehead atoms. The van der Waals surface area contributed by atoms with E-state index in [0.29, 0.717) is 6.54 Å². The Morgan fingerprint density at radius 3 is 2.67 bits per heavy atom. The maximum Gasteiger partial charge on any atom is 0.247 e. The fraction of sp³-hybridized carbons (Fsp3) is 0.579. The van der Waals surface area contributed by atoms with Crippen molar-refractivity contribution < 1.29 is 9.59 Å². The number of hydrogen-bond acceptors (Lipinski definition) is 3. The van der Waals surface area contributed by atoms with Crippen LogP contribution in [-0.4, -0.2) is 47.3 Å². The summed E-state index contributed by atoms with van der Waals surface area (Å²) < 4.78 is 0. The zero-order chi connectivity index (χ0) is 16.9. The van der Waals surface area contributed by atoms with Crippen molar-refractivity contribution in [1.82, 2.24) is 9.80 Å². The molecule has 5 heteroatoms. The first-order valence-electron chi connectivity index (χ1n) is 9.03. The molecule has 1 atom stereocenters. The van der Waals surface area contributed by atoms with Crippen LogP contribution in [0, 0.1) is 0 Å². The Balaban J connectivity index is 1.61. The fourth-order valence-corrected chi connectivity index (χ4v) is 3.76. The molecule has 1 aromatic carbocycles. The Bertz CT molecular complexity index is 596. The second-order valence-electron chi connectivity index (χ2n) is 6.90. The van der Waals surface area contributed by atoms with Gasteiger partial charge in [-0.15, -0.1) is 0 Å². The van der Waals surface area contributed by atoms with Gasteiger partial charge in [0.1, 0.15) is 6.04 Å². The minimum absolute atomic E-state index is 0.0218. The van der Waals surface area contributed by atoms with Crippen LogP contribution in [0.25, 0.3) is 0 Å². The van der Waals surface area contributed by atoms with Crippen molar-refractivity contribution in [2.75, 3.05) is 25.0 Å². The van der Waals surface area contributed by atoms with Gasteiger partial charge in [0.05, 0.1) is 0 Å². The van der Waals surface area contributed by atoms with Crippen molar-refractivity contribution in [3.63, 3.8) is 0 Å². The lowest BCUT2D eigenvalue weighted by Gasteiger charge is -2.26. The van der Waals surface area contributed by atoms with E-state index < -0.39 is 0 Å². The maximum atomic E-state index is 12.5. The first-order chi connectivity index (χ1) is 11.6. The van der Waals surface area contributed by atoms with Crippen molar-refractivity contribution >= 4 is 17.5 Å². The molecule has 1 aromatic rings. The number of hydrogen-bond donors (Lipinski definition) is 1. The van der Waals surface area contributed by atoms with Gasteiger partial charge in [-0.1, -0.05) is 18.6 Å². The fourth-order valence-electron chi connectivity index (χ4n) is 3.76. The van der Waals surface area contributed by atoms with Gasteiger partial charge in [-0.25, -0.2) is 0 Å². The normalized spacial score (nSPS) is 21.7. The summed E-state index contributed by atoms with van der Waals surface area (Å²) >= 11 is 0. The van der Waals surface area contributed by atoms with Crippen molar-refractivity contribution in [2.24, 2.45) is 0 Å². The van der Waals surface area contributed by atoms with E-state index >= 15 is 0 Å². The molecule has 0 radical (unpaired) electrons. The zero-order valence-corrected chi connectivity index (χ0v) is 14.5. The van der Waals surface area contributed by atoms with Gasteiger partial charge in [0.15, 0.2) is 0 Å². The van der Waals surface area contributed by atoms with Gasteiger partial charge >= 0.3 is 0 Å². The summed E-state index contributed by atoms with van der Waals surface area (Å²) in [6.45, 7) is 5.47. The third-order valence-corrected chi connectivity index (χ3v) is 5.01. The average Bonchev–Trinajstić information content (AvgIpc) is 3.06. The molecule has 0 aromatic heterocycles. The SMILES string of the molecule is CC(=O)N1CCC[C@@H]1C(=O)Nc1cccc(CN2CCCCC2)c1. The minimum Gasteiger partial charge on any atom is -0.331 e. The van der Waals surface area contributed by atoms with E-state index in [2.05, 4.69) is 22.3 Å². The number of nitrogens with one attached hydrogen (secondary N) is 1. The molecule has 130 valence electrons. The predicted octanol–water partition coefficient (Wildman–Crippen LogP) is 2.62. The average molecular weight is 329 g/mol. The van der Waals surface area contributed by atoms with E-state index in [4.69, 9.17) is 0 Å². The second kappa shape index (κ2) is 7.79. The summed E-state index contributed by atoms with van der Waals surface area (Å²) in [5.41, 5.74) is 2.05. The number of anilines is 1. The van der Waals surface area contributed by atoms with Gasteiger partial charge in [0.25, 0.3) is 0 Å². The standard InChI is InChI=1S/C19H27N3O2/c1-15(23)22-12-6-9-18(22)19(24)20-17-8-5-7-16(13-17)14-21-10-3-2-4-11-21/h5,7-8,13,18H,2-4,6,9-12,14H2,1H3,(H,20,24)/t18-/m1/s1. The third kappa shape index (κ3) is 4.15. The molecule has 5 nitrogen and oxygen atoms in total. The van der Waals surface area contributed by atoms with Gasteiger partial charge in [0, 0.05) is 25.7 Å². The smallest absolute Gasteiger partial charge is 0.247 e. The van der Waals surface area contributed by atoms with E-state index in [1.807, 2.05) is 12.1 Å². The molecule has 0 spiro atoms. The number of nitrogens with zero attached hydrogens (tertiary/aromatic N) is 2. The monoisotopic (exact) mass is 329 g/mol. The first-order valence-corrected chi connectivity index (χ1v) is 9.03. The van der Waals surface area contributed by atoms with E-state index in [1.165, 1.54) is 31.7 Å². The van der Waals surface area contributed by atoms with E-state index in [-0.39, 0.29) is 17.9 Å². The number of likely N-dealkylation sites (tertiary alicyclic amines) is 2. The first kappa shape index (κ1) is 17.0. The number of rotatable bonds is 4. The van der Waals surface area contributed by atoms with Crippen molar-refractivity contribution in [3.8, 4) is 0 Å². The van der Waals surface area contributed by atoms with E-state index in [1.54, 1.807) is 4.90 Å². The van der Waals surface area contributed by atoms with Crippen LogP contribution in [0.5, 0.6) is 0 Å². The van der Waals surface area contributed by atoms with Crippen molar-refractivity contribution in [3.05, 3.63) is 29.8 Å². The number of carbonyl (C=O) groups excluding carboxylic acids is 2. The second-order valence-corrected chi connectivity index (χ2v) is 6.90. The van der Waals surface area contributed by atoms with Gasteiger partial charge in [0.2, 0.25) is 11.8 Å². The van der Waals surface area contributed by atoms with Crippen LogP contribution in [0.15, 0.2) is 24.3 Å². The summed E-state index contributed by atoms with van der Waals surface area (Å²) in [6.07, 6.45) is 5.53. The van der Waals surface area contributed by atoms with Crippen LogP contribution in [0.4, 0.5) is 5.69 Å². The van der Waals surface area contributed by atoms with Crippen LogP contribution in [-0.2, 0) is 16.1 Å². The molecule has 2 fully saturated rings. The quantitative estimate of drug-likeness (QED) is 0.924. The van der Waals surface area contributed by atoms with Crippen molar-refractivity contribution in [2.45, 2.75) is 51.6 Å². The van der Waals surface area contributed by atoms with E-state index in [9.17, 15) is 9.59 Å².